The van der Waals surface area contributed by atoms with Crippen LogP contribution in [0.4, 0.5) is 0 Å². The van der Waals surface area contributed by atoms with Gasteiger partial charge in [0.1, 0.15) is 0 Å². The molecule has 0 aliphatic rings. The molecule has 0 bridgehead atoms. The second-order valence-electron chi connectivity index (χ2n) is 2.20. The molecular formula is C8H13NO2. The average Bonchev–Trinajstić information content (AvgIpc) is 1.98. The molecule has 0 unspecified atom stereocenters. The molecule has 0 aromatic rings. The van der Waals surface area contributed by atoms with Crippen molar-refractivity contribution < 1.29 is 9.90 Å². The first-order chi connectivity index (χ1) is 5.09. The molecule has 0 amide bonds. The van der Waals surface area contributed by atoms with E-state index in [1.165, 1.54) is 0 Å². The Labute approximate surface area is 66.4 Å². The Morgan fingerprint density at radius 2 is 2.00 bits per heavy atom. The minimum atomic E-state index is -0.889. The molecule has 3 heteroatoms. The summed E-state index contributed by atoms with van der Waals surface area (Å²) < 4.78 is 0. The maximum Gasteiger partial charge on any atom is 0.333 e. The number of aliphatic carboxylic acids is 1. The molecule has 62 valence electrons. The quantitative estimate of drug-likeness (QED) is 0.607. The molecule has 0 fully saturated rings. The number of allylic oxidation sites excluding steroid dienone is 2. The van der Waals surface area contributed by atoms with E-state index >= 15 is 0 Å². The van der Waals surface area contributed by atoms with E-state index in [-0.39, 0.29) is 0 Å². The van der Waals surface area contributed by atoms with Gasteiger partial charge in [-0.2, -0.15) is 0 Å². The number of carboxylic acid groups (broad SMARTS) is 1. The first-order valence-corrected chi connectivity index (χ1v) is 3.38. The summed E-state index contributed by atoms with van der Waals surface area (Å²) in [6.07, 6.45) is 3.50. The summed E-state index contributed by atoms with van der Waals surface area (Å²) in [5, 5.41) is 11.4. The van der Waals surface area contributed by atoms with Gasteiger partial charge in [-0.05, 0) is 27.0 Å². The zero-order valence-electron chi connectivity index (χ0n) is 7.01. The van der Waals surface area contributed by atoms with Crippen LogP contribution < -0.4 is 5.32 Å². The zero-order chi connectivity index (χ0) is 8.85. The number of carbonyl (C=O) groups is 1. The molecule has 0 aromatic heterocycles. The molecule has 0 spiro atoms. The lowest BCUT2D eigenvalue weighted by atomic mass is 10.2. The summed E-state index contributed by atoms with van der Waals surface area (Å²) in [6, 6.07) is 0. The minimum Gasteiger partial charge on any atom is -0.478 e. The summed E-state index contributed by atoms with van der Waals surface area (Å²) in [5.41, 5.74) is 0.999. The Bertz CT molecular complexity index is 204. The Kier molecular flexibility index (Phi) is 4.03. The highest BCUT2D eigenvalue weighted by molar-refractivity contribution is 5.86. The molecule has 11 heavy (non-hydrogen) atoms. The van der Waals surface area contributed by atoms with Gasteiger partial charge in [0.2, 0.25) is 0 Å². The largest absolute Gasteiger partial charge is 0.478 e. The Morgan fingerprint density at radius 1 is 1.45 bits per heavy atom. The number of hydrogen-bond acceptors (Lipinski definition) is 2. The van der Waals surface area contributed by atoms with Crippen molar-refractivity contribution in [2.24, 2.45) is 0 Å². The molecular weight excluding hydrogens is 142 g/mol. The van der Waals surface area contributed by atoms with E-state index in [4.69, 9.17) is 5.11 Å². The second-order valence-corrected chi connectivity index (χ2v) is 2.20. The molecule has 0 aliphatic heterocycles. The van der Waals surface area contributed by atoms with Gasteiger partial charge in [0, 0.05) is 5.70 Å². The lowest BCUT2D eigenvalue weighted by Gasteiger charge is -2.01. The highest BCUT2D eigenvalue weighted by atomic mass is 16.4. The summed E-state index contributed by atoms with van der Waals surface area (Å²) >= 11 is 0. The van der Waals surface area contributed by atoms with E-state index in [0.717, 1.165) is 0 Å². The fourth-order valence-electron chi connectivity index (χ4n) is 0.477. The number of carboxylic acids is 1. The molecule has 0 saturated carbocycles. The van der Waals surface area contributed by atoms with Gasteiger partial charge < -0.3 is 10.4 Å². The van der Waals surface area contributed by atoms with Crippen LogP contribution in [0.3, 0.4) is 0 Å². The summed E-state index contributed by atoms with van der Waals surface area (Å²) in [4.78, 5) is 10.4. The van der Waals surface area contributed by atoms with Gasteiger partial charge in [0.05, 0.1) is 5.57 Å². The van der Waals surface area contributed by atoms with E-state index in [9.17, 15) is 4.79 Å². The molecule has 0 atom stereocenters. The summed E-state index contributed by atoms with van der Waals surface area (Å²) in [7, 11) is 0. The molecule has 3 nitrogen and oxygen atoms in total. The third-order valence-electron chi connectivity index (χ3n) is 1.35. The van der Waals surface area contributed by atoms with E-state index in [1.807, 2.05) is 6.92 Å². The second kappa shape index (κ2) is 4.55. The van der Waals surface area contributed by atoms with E-state index in [0.29, 0.717) is 11.3 Å². The Hall–Kier alpha value is -1.25. The average molecular weight is 155 g/mol. The Morgan fingerprint density at radius 3 is 2.36 bits per heavy atom. The SMILES string of the molecule is C/C=C/N/C(C)=C(\C)C(=O)O. The van der Waals surface area contributed by atoms with Crippen LogP contribution in [0.15, 0.2) is 23.5 Å². The van der Waals surface area contributed by atoms with Crippen molar-refractivity contribution in [3.8, 4) is 0 Å². The van der Waals surface area contributed by atoms with E-state index in [1.54, 1.807) is 26.1 Å². The highest BCUT2D eigenvalue weighted by Crippen LogP contribution is 1.98. The maximum absolute atomic E-state index is 10.4. The van der Waals surface area contributed by atoms with Crippen molar-refractivity contribution in [2.45, 2.75) is 20.8 Å². The summed E-state index contributed by atoms with van der Waals surface area (Å²) in [5.74, 6) is -0.889. The van der Waals surface area contributed by atoms with Gasteiger partial charge in [0.15, 0.2) is 0 Å². The summed E-state index contributed by atoms with van der Waals surface area (Å²) in [6.45, 7) is 5.15. The van der Waals surface area contributed by atoms with Crippen LogP contribution in [0, 0.1) is 0 Å². The maximum atomic E-state index is 10.4. The Balaban J connectivity index is 4.28. The van der Waals surface area contributed by atoms with Crippen molar-refractivity contribution in [3.05, 3.63) is 23.5 Å². The van der Waals surface area contributed by atoms with Crippen LogP contribution in [0.25, 0.3) is 0 Å². The predicted octanol–water partition coefficient (Wildman–Crippen LogP) is 1.49. The monoisotopic (exact) mass is 155 g/mol. The third-order valence-corrected chi connectivity index (χ3v) is 1.35. The van der Waals surface area contributed by atoms with Gasteiger partial charge in [-0.1, -0.05) is 6.08 Å². The fraction of sp³-hybridized carbons (Fsp3) is 0.375. The number of nitrogens with one attached hydrogen (secondary N) is 1. The standard InChI is InChI=1S/C8H13NO2/c1-4-5-9-7(3)6(2)8(10)11/h4-5,9H,1-3H3,(H,10,11)/b5-4+,7-6+. The van der Waals surface area contributed by atoms with Crippen LogP contribution >= 0.6 is 0 Å². The van der Waals surface area contributed by atoms with E-state index < -0.39 is 5.97 Å². The minimum absolute atomic E-state index is 0.336. The molecule has 0 radical (unpaired) electrons. The van der Waals surface area contributed by atoms with Gasteiger partial charge >= 0.3 is 5.97 Å². The van der Waals surface area contributed by atoms with Crippen LogP contribution in [-0.4, -0.2) is 11.1 Å². The fourth-order valence-corrected chi connectivity index (χ4v) is 0.477. The molecule has 0 heterocycles. The predicted molar refractivity (Wildman–Crippen MR) is 44.0 cm³/mol. The van der Waals surface area contributed by atoms with Crippen molar-refractivity contribution in [1.29, 1.82) is 0 Å². The van der Waals surface area contributed by atoms with Crippen molar-refractivity contribution in [2.75, 3.05) is 0 Å². The van der Waals surface area contributed by atoms with Crippen molar-refractivity contribution >= 4 is 5.97 Å². The molecule has 2 N–H and O–H groups in total. The molecule has 0 aliphatic carbocycles. The lowest BCUT2D eigenvalue weighted by molar-refractivity contribution is -0.132. The number of hydrogen-bond donors (Lipinski definition) is 2. The van der Waals surface area contributed by atoms with Gasteiger partial charge in [-0.15, -0.1) is 0 Å². The lowest BCUT2D eigenvalue weighted by Crippen LogP contribution is -2.08. The van der Waals surface area contributed by atoms with Crippen LogP contribution in [0.1, 0.15) is 20.8 Å². The third kappa shape index (κ3) is 3.45. The van der Waals surface area contributed by atoms with E-state index in [2.05, 4.69) is 5.32 Å². The highest BCUT2D eigenvalue weighted by Gasteiger charge is 2.02. The zero-order valence-corrected chi connectivity index (χ0v) is 7.01. The smallest absolute Gasteiger partial charge is 0.333 e. The first-order valence-electron chi connectivity index (χ1n) is 3.38. The molecule has 0 rings (SSSR count). The first kappa shape index (κ1) is 9.75. The van der Waals surface area contributed by atoms with Crippen LogP contribution in [0.5, 0.6) is 0 Å². The molecule has 0 saturated heterocycles. The van der Waals surface area contributed by atoms with Gasteiger partial charge in [-0.3, -0.25) is 0 Å². The van der Waals surface area contributed by atoms with Gasteiger partial charge in [-0.25, -0.2) is 4.79 Å². The van der Waals surface area contributed by atoms with Crippen LogP contribution in [-0.2, 0) is 4.79 Å². The normalized spacial score (nSPS) is 13.0. The molecule has 0 aromatic carbocycles. The van der Waals surface area contributed by atoms with Gasteiger partial charge in [0.25, 0.3) is 0 Å². The number of rotatable bonds is 3. The topological polar surface area (TPSA) is 49.3 Å². The van der Waals surface area contributed by atoms with Crippen molar-refractivity contribution in [3.63, 3.8) is 0 Å². The van der Waals surface area contributed by atoms with Crippen molar-refractivity contribution in [1.82, 2.24) is 5.32 Å². The van der Waals surface area contributed by atoms with Crippen LogP contribution in [0.2, 0.25) is 0 Å².